The van der Waals surface area contributed by atoms with E-state index in [1.54, 1.807) is 16.7 Å². The van der Waals surface area contributed by atoms with Gasteiger partial charge in [0.15, 0.2) is 5.96 Å². The number of guanidine groups is 1. The minimum absolute atomic E-state index is 0.0184. The highest BCUT2D eigenvalue weighted by molar-refractivity contribution is 8.03. The molecule has 150 valence electrons. The predicted octanol–water partition coefficient (Wildman–Crippen LogP) is 2.81. The van der Waals surface area contributed by atoms with Crippen molar-refractivity contribution in [3.05, 3.63) is 11.0 Å². The molecule has 1 atom stereocenters. The van der Waals surface area contributed by atoms with Crippen molar-refractivity contribution in [3.8, 4) is 0 Å². The Hall–Kier alpha value is -1.50. The molecule has 6 nitrogen and oxygen atoms in total. The first-order chi connectivity index (χ1) is 12.8. The fourth-order valence-electron chi connectivity index (χ4n) is 4.39. The van der Waals surface area contributed by atoms with E-state index in [-0.39, 0.29) is 17.8 Å². The molecule has 0 bridgehead atoms. The highest BCUT2D eigenvalue weighted by Crippen LogP contribution is 2.30. The second-order valence-electron chi connectivity index (χ2n) is 8.63. The number of piperidine rings is 1. The maximum absolute atomic E-state index is 12.9. The van der Waals surface area contributed by atoms with Gasteiger partial charge in [0.25, 0.3) is 5.91 Å². The maximum atomic E-state index is 12.9. The number of carbonyl (C=O) groups excluding carboxylic acids is 2. The van der Waals surface area contributed by atoms with Crippen LogP contribution in [0.15, 0.2) is 11.0 Å². The Kier molecular flexibility index (Phi) is 6.18. The van der Waals surface area contributed by atoms with E-state index in [4.69, 9.17) is 5.41 Å². The summed E-state index contributed by atoms with van der Waals surface area (Å²) in [5.41, 5.74) is -0.658. The van der Waals surface area contributed by atoms with E-state index < -0.39 is 5.54 Å². The zero-order valence-corrected chi connectivity index (χ0v) is 17.5. The van der Waals surface area contributed by atoms with Gasteiger partial charge in [0.1, 0.15) is 5.54 Å². The molecule has 27 heavy (non-hydrogen) atoms. The van der Waals surface area contributed by atoms with Gasteiger partial charge in [0, 0.05) is 25.4 Å². The van der Waals surface area contributed by atoms with Crippen LogP contribution in [0.1, 0.15) is 52.9 Å². The number of hydrogen-bond donors (Lipinski definition) is 2. The number of nitrogens with one attached hydrogen (secondary N) is 2. The largest absolute Gasteiger partial charge is 0.342 e. The van der Waals surface area contributed by atoms with Crippen molar-refractivity contribution in [2.75, 3.05) is 25.4 Å². The fourth-order valence-corrected chi connectivity index (χ4v) is 5.35. The summed E-state index contributed by atoms with van der Waals surface area (Å²) in [5, 5.41) is 11.3. The lowest BCUT2D eigenvalue weighted by atomic mass is 9.90. The molecule has 2 saturated heterocycles. The molecule has 0 spiro atoms. The Morgan fingerprint density at radius 2 is 2.11 bits per heavy atom. The quantitative estimate of drug-likeness (QED) is 0.729. The van der Waals surface area contributed by atoms with Crippen molar-refractivity contribution in [1.82, 2.24) is 15.1 Å². The van der Waals surface area contributed by atoms with E-state index in [0.717, 1.165) is 44.5 Å². The topological polar surface area (TPSA) is 76.5 Å². The fraction of sp³-hybridized carbons (Fsp3) is 0.750. The van der Waals surface area contributed by atoms with Gasteiger partial charge >= 0.3 is 0 Å². The SMILES string of the molecule is CC(C)CC1(C)NC(=N)N(CC2CCN(C(=O)CC3=CCCS3)CC2)C1=O. The van der Waals surface area contributed by atoms with Crippen LogP contribution in [0.5, 0.6) is 0 Å². The van der Waals surface area contributed by atoms with Gasteiger partial charge in [-0.05, 0) is 49.3 Å². The van der Waals surface area contributed by atoms with Crippen LogP contribution in [0.3, 0.4) is 0 Å². The molecule has 0 saturated carbocycles. The molecule has 3 aliphatic heterocycles. The number of nitrogens with zero attached hydrogens (tertiary/aromatic N) is 2. The number of allylic oxidation sites excluding steroid dienone is 1. The molecular weight excluding hydrogens is 360 g/mol. The minimum Gasteiger partial charge on any atom is -0.342 e. The van der Waals surface area contributed by atoms with E-state index in [9.17, 15) is 9.59 Å². The highest BCUT2D eigenvalue weighted by Gasteiger charge is 2.46. The van der Waals surface area contributed by atoms with Gasteiger partial charge in [-0.15, -0.1) is 11.8 Å². The minimum atomic E-state index is -0.658. The Morgan fingerprint density at radius 3 is 2.70 bits per heavy atom. The molecule has 0 aromatic rings. The molecule has 2 N–H and O–H groups in total. The summed E-state index contributed by atoms with van der Waals surface area (Å²) in [6.07, 6.45) is 6.33. The third kappa shape index (κ3) is 4.68. The normalized spacial score (nSPS) is 26.7. The van der Waals surface area contributed by atoms with Crippen LogP contribution in [0.4, 0.5) is 0 Å². The van der Waals surface area contributed by atoms with E-state index >= 15 is 0 Å². The number of amides is 2. The Balaban J connectivity index is 1.49. The summed E-state index contributed by atoms with van der Waals surface area (Å²) in [5.74, 6) is 2.31. The lowest BCUT2D eigenvalue weighted by molar-refractivity contribution is -0.134. The third-order valence-corrected chi connectivity index (χ3v) is 6.83. The van der Waals surface area contributed by atoms with Gasteiger partial charge in [-0.1, -0.05) is 19.9 Å². The van der Waals surface area contributed by atoms with Crippen molar-refractivity contribution in [2.24, 2.45) is 11.8 Å². The first-order valence-corrected chi connectivity index (χ1v) is 11.1. The van der Waals surface area contributed by atoms with Gasteiger partial charge in [-0.2, -0.15) is 0 Å². The summed E-state index contributed by atoms with van der Waals surface area (Å²) >= 11 is 1.80. The third-order valence-electron chi connectivity index (χ3n) is 5.71. The highest BCUT2D eigenvalue weighted by atomic mass is 32.2. The average Bonchev–Trinajstić information content (AvgIpc) is 3.17. The summed E-state index contributed by atoms with van der Waals surface area (Å²) in [6.45, 7) is 8.20. The van der Waals surface area contributed by atoms with Gasteiger partial charge in [-0.3, -0.25) is 19.9 Å². The van der Waals surface area contributed by atoms with Gasteiger partial charge < -0.3 is 10.2 Å². The molecule has 0 aromatic heterocycles. The van der Waals surface area contributed by atoms with Crippen molar-refractivity contribution in [3.63, 3.8) is 0 Å². The maximum Gasteiger partial charge on any atom is 0.254 e. The molecule has 0 aromatic carbocycles. The zero-order chi connectivity index (χ0) is 19.6. The summed E-state index contributed by atoms with van der Waals surface area (Å²) in [6, 6.07) is 0. The Labute approximate surface area is 166 Å². The average molecular weight is 393 g/mol. The predicted molar refractivity (Wildman–Crippen MR) is 110 cm³/mol. The molecule has 0 aliphatic carbocycles. The molecule has 3 aliphatic rings. The van der Waals surface area contributed by atoms with Crippen molar-refractivity contribution in [1.29, 1.82) is 5.41 Å². The first kappa shape index (κ1) is 20.2. The smallest absolute Gasteiger partial charge is 0.254 e. The summed E-state index contributed by atoms with van der Waals surface area (Å²) < 4.78 is 0. The second kappa shape index (κ2) is 8.25. The molecular formula is C20H32N4O2S. The van der Waals surface area contributed by atoms with Gasteiger partial charge in [0.2, 0.25) is 5.91 Å². The lowest BCUT2D eigenvalue weighted by Crippen LogP contribution is -2.46. The number of carbonyl (C=O) groups is 2. The number of likely N-dealkylation sites (tertiary alicyclic amines) is 1. The van der Waals surface area contributed by atoms with E-state index in [1.807, 2.05) is 11.8 Å². The van der Waals surface area contributed by atoms with Crippen molar-refractivity contribution >= 4 is 29.5 Å². The van der Waals surface area contributed by atoms with E-state index in [0.29, 0.717) is 24.8 Å². The molecule has 7 heteroatoms. The van der Waals surface area contributed by atoms with Crippen LogP contribution < -0.4 is 5.32 Å². The van der Waals surface area contributed by atoms with Crippen molar-refractivity contribution in [2.45, 2.75) is 58.4 Å². The number of thioether (sulfide) groups is 1. The van der Waals surface area contributed by atoms with Crippen LogP contribution in [0.25, 0.3) is 0 Å². The standard InChI is InChI=1S/C20H32N4O2S/c1-14(2)12-20(3)18(26)24(19(21)22-20)13-15-6-8-23(9-7-15)17(25)11-16-5-4-10-27-16/h5,14-15H,4,6-13H2,1-3H3,(H2,21,22). The summed E-state index contributed by atoms with van der Waals surface area (Å²) in [7, 11) is 0. The monoisotopic (exact) mass is 392 g/mol. The molecule has 3 rings (SSSR count). The van der Waals surface area contributed by atoms with Gasteiger partial charge in [-0.25, -0.2) is 0 Å². The first-order valence-electron chi connectivity index (χ1n) is 10.1. The van der Waals surface area contributed by atoms with Crippen LogP contribution in [-0.4, -0.2) is 58.5 Å². The summed E-state index contributed by atoms with van der Waals surface area (Å²) in [4.78, 5) is 30.1. The molecule has 3 heterocycles. The zero-order valence-electron chi connectivity index (χ0n) is 16.7. The molecule has 0 radical (unpaired) electrons. The van der Waals surface area contributed by atoms with E-state index in [1.165, 1.54) is 4.91 Å². The Morgan fingerprint density at radius 1 is 1.41 bits per heavy atom. The number of rotatable bonds is 6. The van der Waals surface area contributed by atoms with Crippen LogP contribution in [0, 0.1) is 17.2 Å². The van der Waals surface area contributed by atoms with Crippen LogP contribution >= 0.6 is 11.8 Å². The van der Waals surface area contributed by atoms with Crippen LogP contribution in [0.2, 0.25) is 0 Å². The number of hydrogen-bond acceptors (Lipinski definition) is 4. The molecule has 2 fully saturated rings. The van der Waals surface area contributed by atoms with E-state index in [2.05, 4.69) is 25.2 Å². The lowest BCUT2D eigenvalue weighted by Gasteiger charge is -2.34. The molecule has 1 unspecified atom stereocenters. The van der Waals surface area contributed by atoms with Gasteiger partial charge in [0.05, 0.1) is 6.42 Å². The van der Waals surface area contributed by atoms with Crippen LogP contribution in [-0.2, 0) is 9.59 Å². The Bertz CT molecular complexity index is 640. The van der Waals surface area contributed by atoms with Crippen molar-refractivity contribution < 1.29 is 9.59 Å². The molecule has 2 amide bonds. The second-order valence-corrected chi connectivity index (χ2v) is 9.85.